The van der Waals surface area contributed by atoms with Gasteiger partial charge in [-0.3, -0.25) is 37.9 Å². The van der Waals surface area contributed by atoms with Gasteiger partial charge in [-0.15, -0.1) is 31.2 Å². The van der Waals surface area contributed by atoms with Crippen LogP contribution in [0.4, 0.5) is 23.4 Å². The number of hydroxylamine groups is 4. The summed E-state index contributed by atoms with van der Waals surface area (Å²) in [5, 5.41) is 31.4. The summed E-state index contributed by atoms with van der Waals surface area (Å²) in [6, 6.07) is 0. The molecule has 0 aromatic carbocycles. The van der Waals surface area contributed by atoms with Crippen LogP contribution in [0.2, 0.25) is 0 Å². The number of aldehydes is 1. The number of aromatic nitrogens is 2. The summed E-state index contributed by atoms with van der Waals surface area (Å²) in [6.07, 6.45) is -7.06. The average Bonchev–Trinajstić information content (AvgIpc) is 3.86. The maximum absolute atomic E-state index is 12.9. The molecule has 2 aromatic rings. The first-order valence-corrected chi connectivity index (χ1v) is 20.5. The van der Waals surface area contributed by atoms with E-state index < -0.39 is 166 Å². The molecule has 2 aliphatic heterocycles. The number of hydrogen-bond acceptors (Lipinski definition) is 24. The van der Waals surface area contributed by atoms with E-state index in [0.29, 0.717) is 6.29 Å². The number of alkyl halides is 3. The predicted octanol–water partition coefficient (Wildman–Crippen LogP) is -0.239. The van der Waals surface area contributed by atoms with Crippen LogP contribution in [0.5, 0.6) is 0 Å². The normalized spacial score (nSPS) is 21.2. The third kappa shape index (κ3) is 17.6. The number of carboxylic acids is 3. The lowest BCUT2D eigenvalue weighted by atomic mass is 9.74. The molecule has 2 saturated heterocycles. The van der Waals surface area contributed by atoms with Gasteiger partial charge in [-0.2, -0.15) is 40.1 Å². The molecule has 0 spiro atoms. The topological polar surface area (TPSA) is 452 Å². The second kappa shape index (κ2) is 23.2. The molecule has 2 amide bonds. The van der Waals surface area contributed by atoms with Crippen LogP contribution in [0.1, 0.15) is 75.0 Å². The van der Waals surface area contributed by atoms with E-state index in [1.54, 1.807) is 0 Å². The van der Waals surface area contributed by atoms with Crippen LogP contribution in [-0.2, 0) is 77.4 Å². The van der Waals surface area contributed by atoms with E-state index in [0.717, 1.165) is 29.6 Å². The minimum atomic E-state index is -5.54. The molecule has 2 fully saturated rings. The van der Waals surface area contributed by atoms with Crippen LogP contribution < -0.4 is 11.5 Å². The lowest BCUT2D eigenvalue weighted by molar-refractivity contribution is -0.228. The Hall–Kier alpha value is -6.31. The highest BCUT2D eigenvalue weighted by molar-refractivity contribution is 7.81. The average molecular weight is 1040 g/mol. The Morgan fingerprint density at radius 2 is 1.17 bits per heavy atom. The summed E-state index contributed by atoms with van der Waals surface area (Å²) in [6.45, 7) is -15.0. The summed E-state index contributed by atoms with van der Waals surface area (Å²) < 4.78 is 194. The molecule has 0 radical (unpaired) electrons. The Labute approximate surface area is 393 Å². The number of nitrogens with two attached hydrogens (primary N) is 2. The summed E-state index contributed by atoms with van der Waals surface area (Å²) in [7, 11) is -11.1. The number of aliphatic carboxylic acids is 3. The number of nitrogens with zero attached hydrogens (tertiary/aromatic N) is 6. The highest BCUT2D eigenvalue weighted by Gasteiger charge is 2.58. The molecule has 4 heterocycles. The predicted molar refractivity (Wildman–Crippen MR) is 212 cm³/mol. The van der Waals surface area contributed by atoms with Crippen LogP contribution >= 0.6 is 22.7 Å². The minimum absolute atomic E-state index is 0.00679. The molecule has 4 rings (SSSR count). The molecule has 0 aliphatic carbocycles. The fourth-order valence-electron chi connectivity index (χ4n) is 4.11. The SMILES string of the molecule is CC(=O)O.O=C(O)C(F)(F)F.[2H]C([2H])([2H])C1(C([2H])([2H])[2H])[C@H](CC(=O)/C(=N\OCC(=O)O)c2csc(N)n2)C(=O)N1OS(=O)(=O)O.[2H]C([2H])([2H])C1(C([2H])([2H])[2H])[C@H](CC(=O)/C(=N\OCC=O)c2csc(N)n2)C(=O)N1OS(=O)(=O)O. The van der Waals surface area contributed by atoms with Gasteiger partial charge in [0.25, 0.3) is 17.8 Å². The first kappa shape index (κ1) is 40.0. The Bertz CT molecular complexity index is 2860. The smallest absolute Gasteiger partial charge is 0.481 e. The minimum Gasteiger partial charge on any atom is -0.481 e. The van der Waals surface area contributed by atoms with Crippen molar-refractivity contribution in [1.82, 2.24) is 20.1 Å². The van der Waals surface area contributed by atoms with Gasteiger partial charge in [0, 0.05) is 47.0 Å². The second-order valence-corrected chi connectivity index (χ2v) is 15.4. The molecule has 36 heteroatoms. The van der Waals surface area contributed by atoms with Crippen LogP contribution in [0, 0.1) is 11.8 Å². The number of carbonyl (C=O) groups excluding carboxylic acids is 5. The summed E-state index contributed by atoms with van der Waals surface area (Å²) in [4.78, 5) is 107. The lowest BCUT2D eigenvalue weighted by Crippen LogP contribution is -2.68. The number of carbonyl (C=O) groups is 8. The van der Waals surface area contributed by atoms with Crippen LogP contribution in [0.3, 0.4) is 0 Å². The van der Waals surface area contributed by atoms with Gasteiger partial charge in [0.05, 0.1) is 22.9 Å². The molecule has 66 heavy (non-hydrogen) atoms. The van der Waals surface area contributed by atoms with Gasteiger partial charge in [-0.25, -0.2) is 19.6 Å². The van der Waals surface area contributed by atoms with Crippen LogP contribution in [0.15, 0.2) is 21.1 Å². The van der Waals surface area contributed by atoms with E-state index >= 15 is 0 Å². The number of thiazole rings is 2. The van der Waals surface area contributed by atoms with E-state index in [2.05, 4.69) is 38.5 Å². The quantitative estimate of drug-likeness (QED) is 0.0253. The van der Waals surface area contributed by atoms with Gasteiger partial charge in [0.1, 0.15) is 11.4 Å². The monoisotopic (exact) mass is 1040 g/mol. The number of β-lactam (4-membered cyclic amide) rings is 2. The van der Waals surface area contributed by atoms with E-state index in [-0.39, 0.29) is 21.7 Å². The van der Waals surface area contributed by atoms with Gasteiger partial charge >= 0.3 is 38.9 Å². The highest BCUT2D eigenvalue weighted by atomic mass is 32.3. The Morgan fingerprint density at radius 1 is 0.818 bits per heavy atom. The number of carboxylic acid groups (broad SMARTS) is 3. The van der Waals surface area contributed by atoms with Crippen molar-refractivity contribution < 1.29 is 127 Å². The maximum atomic E-state index is 12.9. The van der Waals surface area contributed by atoms with Crippen molar-refractivity contribution in [2.75, 3.05) is 24.7 Å². The lowest BCUT2D eigenvalue weighted by Gasteiger charge is -2.50. The number of rotatable bonds is 18. The van der Waals surface area contributed by atoms with E-state index in [1.807, 2.05) is 0 Å². The number of oxime groups is 2. The molecular weight excluding hydrogens is 994 g/mol. The first-order valence-electron chi connectivity index (χ1n) is 22.0. The van der Waals surface area contributed by atoms with Gasteiger partial charge in [0.2, 0.25) is 6.61 Å². The van der Waals surface area contributed by atoms with Crippen molar-refractivity contribution in [3.05, 3.63) is 22.1 Å². The van der Waals surface area contributed by atoms with E-state index in [9.17, 15) is 58.8 Å². The number of nitrogen functional groups attached to an aromatic ring is 2. The third-order valence-electron chi connectivity index (χ3n) is 6.70. The molecular formula is C30H37F3N8O21S4. The van der Waals surface area contributed by atoms with Gasteiger partial charge in [0.15, 0.2) is 46.1 Å². The number of ketones is 2. The van der Waals surface area contributed by atoms with Crippen LogP contribution in [-0.4, -0.2) is 151 Å². The van der Waals surface area contributed by atoms with Crippen molar-refractivity contribution in [3.63, 3.8) is 0 Å². The largest absolute Gasteiger partial charge is 0.490 e. The van der Waals surface area contributed by atoms with Crippen molar-refractivity contribution in [3.8, 4) is 0 Å². The van der Waals surface area contributed by atoms with Crippen LogP contribution in [0.25, 0.3) is 0 Å². The summed E-state index contributed by atoms with van der Waals surface area (Å²) >= 11 is 1.72. The Morgan fingerprint density at radius 3 is 1.42 bits per heavy atom. The molecule has 0 saturated carbocycles. The number of halogens is 3. The zero-order valence-corrected chi connectivity index (χ0v) is 35.4. The molecule has 2 aliphatic rings. The Balaban J connectivity index is 0.000000654. The highest BCUT2D eigenvalue weighted by Crippen LogP contribution is 2.42. The molecule has 0 bridgehead atoms. The van der Waals surface area contributed by atoms with Crippen molar-refractivity contribution in [2.24, 2.45) is 22.1 Å². The zero-order valence-electron chi connectivity index (χ0n) is 44.1. The second-order valence-electron chi connectivity index (χ2n) is 11.6. The van der Waals surface area contributed by atoms with E-state index in [1.165, 1.54) is 10.8 Å². The number of Topliss-reactive ketones (excluding diaryl/α,β-unsaturated/α-hetero) is 2. The van der Waals surface area contributed by atoms with Crippen molar-refractivity contribution in [1.29, 1.82) is 0 Å². The first-order chi connectivity index (χ1) is 35.0. The van der Waals surface area contributed by atoms with Crippen molar-refractivity contribution >= 4 is 113 Å². The molecule has 9 N–H and O–H groups in total. The zero-order chi connectivity index (χ0) is 61.3. The Kier molecular flexibility index (Phi) is 14.1. The summed E-state index contributed by atoms with van der Waals surface area (Å²) in [5.74, 6) is -14.8. The molecule has 368 valence electrons. The summed E-state index contributed by atoms with van der Waals surface area (Å²) in [5.41, 5.74) is 2.59. The molecule has 2 atom stereocenters. The molecule has 2 aromatic heterocycles. The van der Waals surface area contributed by atoms with Gasteiger partial charge in [-0.05, 0) is 27.4 Å². The maximum Gasteiger partial charge on any atom is 0.490 e. The van der Waals surface area contributed by atoms with Gasteiger partial charge < -0.3 is 36.5 Å². The molecule has 0 unspecified atom stereocenters. The molecule has 29 nitrogen and oxygen atoms in total. The number of amides is 2. The standard InChI is InChI=1S/C13H16N4O9S2.C13H16N4O8S2.C2HF3O2.C2H4O2/c1-13(2)6(11(21)17(13)26-28(22,23)24)3-8(18)10(16-25-4-9(19)20)7-5-27-12(14)15-7;1-13(2)7(11(20)17(13)25-27(21,22)23)5-9(19)10(16-24-4-3-18)8-6-26-12(14)15-8;3-2(4,5)1(6)7;1-2(3)4/h5-6H,3-4H2,1-2H3,(H2,14,15)(H,19,20)(H,22,23,24);3,6-7H,4-5H2,1-2H3,(H2,14,15)(H,21,22,23);(H,6,7);1H3,(H,3,4)/b2*16-10-;;/t6-;7-;;/m11../s1/i2*1D3,2D3;;. The van der Waals surface area contributed by atoms with Gasteiger partial charge in [-0.1, -0.05) is 10.3 Å². The van der Waals surface area contributed by atoms with Crippen molar-refractivity contribution in [2.45, 2.75) is 64.4 Å². The fourth-order valence-corrected chi connectivity index (χ4v) is 5.96. The number of anilines is 2. The fraction of sp³-hybridized carbons (Fsp3) is 0.467. The number of hydrogen-bond donors (Lipinski definition) is 7. The van der Waals surface area contributed by atoms with E-state index in [4.69, 9.17) is 61.9 Å². The third-order valence-corrected chi connectivity index (χ3v) is 8.73.